The van der Waals surface area contributed by atoms with E-state index in [1.54, 1.807) is 0 Å². The van der Waals surface area contributed by atoms with E-state index < -0.39 is 0 Å². The second-order valence-corrected chi connectivity index (χ2v) is 7.37. The minimum Gasteiger partial charge on any atom is -0.338 e. The molecule has 1 saturated heterocycles. The molecule has 0 N–H and O–H groups in total. The highest BCUT2D eigenvalue weighted by Gasteiger charge is 2.29. The maximum absolute atomic E-state index is 12.2. The summed E-state index contributed by atoms with van der Waals surface area (Å²) in [7, 11) is 0. The van der Waals surface area contributed by atoms with Crippen LogP contribution in [0.25, 0.3) is 0 Å². The zero-order valence-corrected chi connectivity index (χ0v) is 15.5. The number of halogens is 2. The second-order valence-electron chi connectivity index (χ2n) is 5.16. The molecule has 116 valence electrons. The molecule has 2 unspecified atom stereocenters. The molecule has 0 aromatic carbocycles. The molecule has 1 fully saturated rings. The summed E-state index contributed by atoms with van der Waals surface area (Å²) in [5.41, 5.74) is 0. The molecule has 0 spiro atoms. The predicted octanol–water partition coefficient (Wildman–Crippen LogP) is 2.78. The zero-order chi connectivity index (χ0) is 15.1. The van der Waals surface area contributed by atoms with Gasteiger partial charge in [-0.15, -0.1) is 0 Å². The maximum Gasteiger partial charge on any atom is 0.236 e. The second kappa shape index (κ2) is 9.03. The van der Waals surface area contributed by atoms with Crippen LogP contribution < -0.4 is 0 Å². The zero-order valence-electron chi connectivity index (χ0n) is 12.3. The van der Waals surface area contributed by atoms with Crippen LogP contribution in [0.5, 0.6) is 0 Å². The van der Waals surface area contributed by atoms with Crippen molar-refractivity contribution in [2.75, 3.05) is 26.2 Å². The number of alkyl halides is 2. The highest BCUT2D eigenvalue weighted by molar-refractivity contribution is 9.10. The van der Waals surface area contributed by atoms with Crippen LogP contribution in [0.1, 0.15) is 39.5 Å². The molecule has 0 aromatic heterocycles. The number of amides is 2. The fourth-order valence-electron chi connectivity index (χ4n) is 2.30. The van der Waals surface area contributed by atoms with Gasteiger partial charge in [-0.05, 0) is 12.8 Å². The predicted molar refractivity (Wildman–Crippen MR) is 88.4 cm³/mol. The Bertz CT molecular complexity index is 299. The SMILES string of the molecule is CCCC(Br)C(=O)N1CCN(C(=O)C(Br)CCC)CC1. The molecular weight excluding hydrogens is 388 g/mol. The lowest BCUT2D eigenvalue weighted by atomic mass is 10.2. The van der Waals surface area contributed by atoms with Gasteiger partial charge in [0.15, 0.2) is 0 Å². The van der Waals surface area contributed by atoms with Crippen molar-refractivity contribution in [3.8, 4) is 0 Å². The molecule has 4 nitrogen and oxygen atoms in total. The van der Waals surface area contributed by atoms with E-state index in [2.05, 4.69) is 45.7 Å². The van der Waals surface area contributed by atoms with Gasteiger partial charge in [0.25, 0.3) is 0 Å². The van der Waals surface area contributed by atoms with Crippen molar-refractivity contribution in [1.82, 2.24) is 9.80 Å². The smallest absolute Gasteiger partial charge is 0.236 e. The lowest BCUT2D eigenvalue weighted by Crippen LogP contribution is -2.53. The summed E-state index contributed by atoms with van der Waals surface area (Å²) >= 11 is 6.90. The van der Waals surface area contributed by atoms with Crippen molar-refractivity contribution in [1.29, 1.82) is 0 Å². The fraction of sp³-hybridized carbons (Fsp3) is 0.857. The fourth-order valence-corrected chi connectivity index (χ4v) is 3.79. The van der Waals surface area contributed by atoms with Crippen molar-refractivity contribution in [2.45, 2.75) is 49.2 Å². The lowest BCUT2D eigenvalue weighted by Gasteiger charge is -2.36. The van der Waals surface area contributed by atoms with Gasteiger partial charge in [0.2, 0.25) is 11.8 Å². The number of rotatable bonds is 6. The topological polar surface area (TPSA) is 40.6 Å². The van der Waals surface area contributed by atoms with Gasteiger partial charge in [-0.1, -0.05) is 58.5 Å². The Labute approximate surface area is 138 Å². The Hall–Kier alpha value is -0.100. The summed E-state index contributed by atoms with van der Waals surface area (Å²) in [6.07, 6.45) is 3.70. The minimum atomic E-state index is -0.0845. The molecule has 0 bridgehead atoms. The molecule has 1 heterocycles. The summed E-state index contributed by atoms with van der Waals surface area (Å²) in [6, 6.07) is 0. The average Bonchev–Trinajstić information content (AvgIpc) is 2.46. The number of nitrogens with zero attached hydrogens (tertiary/aromatic N) is 2. The van der Waals surface area contributed by atoms with Crippen LogP contribution in [0.3, 0.4) is 0 Å². The van der Waals surface area contributed by atoms with E-state index in [9.17, 15) is 9.59 Å². The molecular formula is C14H24Br2N2O2. The first-order valence-corrected chi connectivity index (χ1v) is 9.20. The highest BCUT2D eigenvalue weighted by Crippen LogP contribution is 2.16. The maximum atomic E-state index is 12.2. The summed E-state index contributed by atoms with van der Waals surface area (Å²) in [5.74, 6) is 0.311. The normalized spacial score (nSPS) is 18.8. The quantitative estimate of drug-likeness (QED) is 0.630. The van der Waals surface area contributed by atoms with Crippen LogP contribution >= 0.6 is 31.9 Å². The molecule has 6 heteroatoms. The number of carbonyl (C=O) groups excluding carboxylic acids is 2. The Morgan fingerprint density at radius 3 is 1.40 bits per heavy atom. The Kier molecular flexibility index (Phi) is 8.10. The van der Waals surface area contributed by atoms with Gasteiger partial charge in [0.1, 0.15) is 0 Å². The largest absolute Gasteiger partial charge is 0.338 e. The summed E-state index contributed by atoms with van der Waals surface area (Å²) in [4.78, 5) is 27.9. The molecule has 1 rings (SSSR count). The van der Waals surface area contributed by atoms with Crippen molar-refractivity contribution in [2.24, 2.45) is 0 Å². The van der Waals surface area contributed by atoms with Crippen LogP contribution in [0.15, 0.2) is 0 Å². The van der Waals surface area contributed by atoms with Crippen molar-refractivity contribution >= 4 is 43.7 Å². The molecule has 1 aliphatic heterocycles. The number of piperazine rings is 1. The van der Waals surface area contributed by atoms with E-state index in [4.69, 9.17) is 0 Å². The van der Waals surface area contributed by atoms with Crippen LogP contribution in [0, 0.1) is 0 Å². The van der Waals surface area contributed by atoms with Crippen molar-refractivity contribution in [3.05, 3.63) is 0 Å². The van der Waals surface area contributed by atoms with E-state index in [-0.39, 0.29) is 21.5 Å². The van der Waals surface area contributed by atoms with Gasteiger partial charge in [-0.25, -0.2) is 0 Å². The van der Waals surface area contributed by atoms with Gasteiger partial charge < -0.3 is 9.80 Å². The average molecular weight is 412 g/mol. The molecule has 0 saturated carbocycles. The first kappa shape index (κ1) is 18.0. The van der Waals surface area contributed by atoms with Crippen molar-refractivity contribution in [3.63, 3.8) is 0 Å². The molecule has 2 amide bonds. The van der Waals surface area contributed by atoms with E-state index in [0.29, 0.717) is 26.2 Å². The molecule has 2 atom stereocenters. The van der Waals surface area contributed by atoms with E-state index >= 15 is 0 Å². The van der Waals surface area contributed by atoms with Crippen LogP contribution in [0.4, 0.5) is 0 Å². The van der Waals surface area contributed by atoms with E-state index in [0.717, 1.165) is 25.7 Å². The van der Waals surface area contributed by atoms with Gasteiger partial charge in [0, 0.05) is 26.2 Å². The summed E-state index contributed by atoms with van der Waals surface area (Å²) < 4.78 is 0. The number of carbonyl (C=O) groups is 2. The van der Waals surface area contributed by atoms with E-state index in [1.807, 2.05) is 9.80 Å². The van der Waals surface area contributed by atoms with Gasteiger partial charge in [-0.2, -0.15) is 0 Å². The Morgan fingerprint density at radius 2 is 1.15 bits per heavy atom. The Balaban J connectivity index is 2.43. The number of hydrogen-bond donors (Lipinski definition) is 0. The standard InChI is InChI=1S/C14H24Br2N2O2/c1-3-5-11(15)13(19)17-7-9-18(10-8-17)14(20)12(16)6-4-2/h11-12H,3-10H2,1-2H3. The molecule has 20 heavy (non-hydrogen) atoms. The van der Waals surface area contributed by atoms with Crippen LogP contribution in [0.2, 0.25) is 0 Å². The summed E-state index contributed by atoms with van der Waals surface area (Å²) in [6.45, 7) is 6.71. The van der Waals surface area contributed by atoms with Crippen LogP contribution in [-0.4, -0.2) is 57.4 Å². The third-order valence-corrected chi connectivity index (χ3v) is 5.22. The minimum absolute atomic E-state index is 0.0845. The van der Waals surface area contributed by atoms with Crippen molar-refractivity contribution < 1.29 is 9.59 Å². The first-order valence-electron chi connectivity index (χ1n) is 7.36. The third kappa shape index (κ3) is 5.02. The monoisotopic (exact) mass is 410 g/mol. The Morgan fingerprint density at radius 1 is 0.850 bits per heavy atom. The lowest BCUT2D eigenvalue weighted by molar-refractivity contribution is -0.138. The molecule has 1 aliphatic rings. The highest BCUT2D eigenvalue weighted by atomic mass is 79.9. The van der Waals surface area contributed by atoms with Gasteiger partial charge in [-0.3, -0.25) is 9.59 Å². The number of hydrogen-bond acceptors (Lipinski definition) is 2. The first-order chi connectivity index (χ1) is 9.51. The van der Waals surface area contributed by atoms with Crippen LogP contribution in [-0.2, 0) is 9.59 Å². The molecule has 0 aliphatic carbocycles. The van der Waals surface area contributed by atoms with Gasteiger partial charge in [0.05, 0.1) is 9.65 Å². The third-order valence-electron chi connectivity index (χ3n) is 3.52. The van der Waals surface area contributed by atoms with Gasteiger partial charge >= 0.3 is 0 Å². The van der Waals surface area contributed by atoms with E-state index in [1.165, 1.54) is 0 Å². The summed E-state index contributed by atoms with van der Waals surface area (Å²) in [5, 5.41) is 0. The molecule has 0 aromatic rings. The molecule has 0 radical (unpaired) electrons.